The fraction of sp³-hybridized carbons (Fsp3) is 0.667. The third-order valence-corrected chi connectivity index (χ3v) is 4.79. The highest BCUT2D eigenvalue weighted by Crippen LogP contribution is 2.29. The Bertz CT molecular complexity index is 455. The lowest BCUT2D eigenvalue weighted by atomic mass is 10.0. The summed E-state index contributed by atoms with van der Waals surface area (Å²) in [5, 5.41) is 3.74. The van der Waals surface area contributed by atoms with Crippen LogP contribution in [0.2, 0.25) is 0 Å². The van der Waals surface area contributed by atoms with Crippen molar-refractivity contribution >= 4 is 0 Å². The number of nitrogens with zero attached hydrogens (tertiary/aromatic N) is 1. The van der Waals surface area contributed by atoms with Crippen molar-refractivity contribution in [2.75, 3.05) is 32.8 Å². The van der Waals surface area contributed by atoms with Crippen molar-refractivity contribution < 1.29 is 4.74 Å². The lowest BCUT2D eigenvalue weighted by molar-refractivity contribution is 0.226. The van der Waals surface area contributed by atoms with Crippen LogP contribution >= 0.6 is 0 Å². The average molecular weight is 288 g/mol. The second-order valence-corrected chi connectivity index (χ2v) is 6.28. The van der Waals surface area contributed by atoms with Crippen molar-refractivity contribution in [1.82, 2.24) is 10.2 Å². The predicted molar refractivity (Wildman–Crippen MR) is 87.0 cm³/mol. The summed E-state index contributed by atoms with van der Waals surface area (Å²) in [4.78, 5) is 2.60. The van der Waals surface area contributed by atoms with E-state index in [0.29, 0.717) is 6.04 Å². The second-order valence-electron chi connectivity index (χ2n) is 6.28. The van der Waals surface area contributed by atoms with Gasteiger partial charge in [-0.15, -0.1) is 0 Å². The number of hydrogen-bond donors (Lipinski definition) is 1. The summed E-state index contributed by atoms with van der Waals surface area (Å²) in [6.07, 6.45) is 6.37. The molecule has 3 heteroatoms. The van der Waals surface area contributed by atoms with Gasteiger partial charge < -0.3 is 15.0 Å². The van der Waals surface area contributed by atoms with Gasteiger partial charge in [-0.2, -0.15) is 0 Å². The van der Waals surface area contributed by atoms with E-state index < -0.39 is 0 Å². The molecule has 2 heterocycles. The molecule has 1 atom stereocenters. The number of rotatable bonds is 6. The van der Waals surface area contributed by atoms with Crippen LogP contribution in [0.3, 0.4) is 0 Å². The highest BCUT2D eigenvalue weighted by molar-refractivity contribution is 5.40. The Morgan fingerprint density at radius 2 is 2.10 bits per heavy atom. The molecule has 1 fully saturated rings. The maximum absolute atomic E-state index is 5.60. The predicted octanol–water partition coefficient (Wildman–Crippen LogP) is 3.15. The van der Waals surface area contributed by atoms with Crippen LogP contribution in [0.15, 0.2) is 18.2 Å². The second kappa shape index (κ2) is 7.28. The monoisotopic (exact) mass is 288 g/mol. The van der Waals surface area contributed by atoms with Crippen LogP contribution in [-0.4, -0.2) is 37.7 Å². The molecule has 21 heavy (non-hydrogen) atoms. The number of ether oxygens (including phenoxy) is 1. The molecule has 2 aliphatic rings. The average Bonchev–Trinajstić information content (AvgIpc) is 3.00. The van der Waals surface area contributed by atoms with Gasteiger partial charge in [-0.3, -0.25) is 0 Å². The van der Waals surface area contributed by atoms with Crippen molar-refractivity contribution in [1.29, 1.82) is 0 Å². The number of likely N-dealkylation sites (tertiary alicyclic amines) is 1. The van der Waals surface area contributed by atoms with E-state index in [2.05, 4.69) is 35.3 Å². The minimum absolute atomic E-state index is 0.473. The molecule has 0 radical (unpaired) electrons. The highest BCUT2D eigenvalue weighted by atomic mass is 16.5. The topological polar surface area (TPSA) is 24.5 Å². The third kappa shape index (κ3) is 3.78. The zero-order chi connectivity index (χ0) is 14.5. The molecule has 0 bridgehead atoms. The van der Waals surface area contributed by atoms with E-state index in [1.165, 1.54) is 50.0 Å². The van der Waals surface area contributed by atoms with Crippen molar-refractivity contribution in [3.8, 4) is 5.75 Å². The fourth-order valence-electron chi connectivity index (χ4n) is 3.50. The van der Waals surface area contributed by atoms with E-state index in [1.54, 1.807) is 0 Å². The Labute approximate surface area is 128 Å². The van der Waals surface area contributed by atoms with Gasteiger partial charge in [0.15, 0.2) is 0 Å². The molecule has 1 aromatic rings. The summed E-state index contributed by atoms with van der Waals surface area (Å²) in [6.45, 7) is 7.96. The zero-order valence-corrected chi connectivity index (χ0v) is 13.2. The van der Waals surface area contributed by atoms with Crippen molar-refractivity contribution in [2.24, 2.45) is 0 Å². The molecule has 116 valence electrons. The van der Waals surface area contributed by atoms with Gasteiger partial charge in [-0.1, -0.05) is 25.5 Å². The number of nitrogens with one attached hydrogen (secondary N) is 1. The third-order valence-electron chi connectivity index (χ3n) is 4.79. The molecule has 1 aromatic carbocycles. The number of hydrogen-bond acceptors (Lipinski definition) is 3. The van der Waals surface area contributed by atoms with Crippen molar-refractivity contribution in [3.05, 3.63) is 29.3 Å². The van der Waals surface area contributed by atoms with Gasteiger partial charge in [0, 0.05) is 25.6 Å². The van der Waals surface area contributed by atoms with Gasteiger partial charge in [-0.05, 0) is 49.5 Å². The van der Waals surface area contributed by atoms with E-state index in [9.17, 15) is 0 Å². The van der Waals surface area contributed by atoms with E-state index >= 15 is 0 Å². The summed E-state index contributed by atoms with van der Waals surface area (Å²) < 4.78 is 5.60. The normalized spacial score (nSPS) is 20.0. The van der Waals surface area contributed by atoms with Gasteiger partial charge in [0.05, 0.1) is 6.61 Å². The van der Waals surface area contributed by atoms with Crippen LogP contribution in [-0.2, 0) is 6.42 Å². The van der Waals surface area contributed by atoms with E-state index in [0.717, 1.165) is 31.7 Å². The smallest absolute Gasteiger partial charge is 0.122 e. The van der Waals surface area contributed by atoms with E-state index in [4.69, 9.17) is 4.74 Å². The molecular formula is C18H28N2O. The lowest BCUT2D eigenvalue weighted by Gasteiger charge is -2.27. The van der Waals surface area contributed by atoms with Crippen LogP contribution < -0.4 is 10.1 Å². The molecule has 1 N–H and O–H groups in total. The molecule has 0 saturated carbocycles. The van der Waals surface area contributed by atoms with Gasteiger partial charge in [0.1, 0.15) is 5.75 Å². The molecule has 0 amide bonds. The van der Waals surface area contributed by atoms with Crippen LogP contribution in [0, 0.1) is 0 Å². The molecule has 1 saturated heterocycles. The first kappa shape index (κ1) is 14.9. The Balaban J connectivity index is 1.52. The van der Waals surface area contributed by atoms with Gasteiger partial charge in [0.2, 0.25) is 0 Å². The Morgan fingerprint density at radius 3 is 2.90 bits per heavy atom. The number of piperidine rings is 1. The van der Waals surface area contributed by atoms with Gasteiger partial charge >= 0.3 is 0 Å². The van der Waals surface area contributed by atoms with Crippen molar-refractivity contribution in [3.63, 3.8) is 0 Å². The van der Waals surface area contributed by atoms with Crippen LogP contribution in [0.5, 0.6) is 5.75 Å². The largest absolute Gasteiger partial charge is 0.493 e. The SMILES string of the molecule is CCC(NCCN1CCCCC1)c1ccc2c(c1)CCO2. The fourth-order valence-corrected chi connectivity index (χ4v) is 3.50. The maximum atomic E-state index is 5.60. The summed E-state index contributed by atoms with van der Waals surface area (Å²) in [5.74, 6) is 1.09. The molecule has 3 rings (SSSR count). The Morgan fingerprint density at radius 1 is 1.24 bits per heavy atom. The summed E-state index contributed by atoms with van der Waals surface area (Å²) >= 11 is 0. The van der Waals surface area contributed by atoms with E-state index in [1.807, 2.05) is 0 Å². The molecule has 1 unspecified atom stereocenters. The number of benzene rings is 1. The Kier molecular flexibility index (Phi) is 5.15. The summed E-state index contributed by atoms with van der Waals surface area (Å²) in [5.41, 5.74) is 2.80. The first-order valence-corrected chi connectivity index (χ1v) is 8.58. The first-order chi connectivity index (χ1) is 10.4. The number of fused-ring (bicyclic) bond motifs is 1. The standard InChI is InChI=1S/C18H28N2O/c1-2-17(19-9-12-20-10-4-3-5-11-20)15-6-7-18-16(14-15)8-13-21-18/h6-7,14,17,19H,2-5,8-13H2,1H3. The summed E-state index contributed by atoms with van der Waals surface area (Å²) in [7, 11) is 0. The van der Waals surface area contributed by atoms with Crippen LogP contribution in [0.4, 0.5) is 0 Å². The van der Waals surface area contributed by atoms with E-state index in [-0.39, 0.29) is 0 Å². The first-order valence-electron chi connectivity index (χ1n) is 8.58. The molecule has 3 nitrogen and oxygen atoms in total. The minimum atomic E-state index is 0.473. The minimum Gasteiger partial charge on any atom is -0.493 e. The molecular weight excluding hydrogens is 260 g/mol. The molecule has 0 aromatic heterocycles. The molecule has 0 aliphatic carbocycles. The van der Waals surface area contributed by atoms with Gasteiger partial charge in [-0.25, -0.2) is 0 Å². The Hall–Kier alpha value is -1.06. The quantitative estimate of drug-likeness (QED) is 0.870. The highest BCUT2D eigenvalue weighted by Gasteiger charge is 2.16. The van der Waals surface area contributed by atoms with Crippen LogP contribution in [0.1, 0.15) is 49.8 Å². The maximum Gasteiger partial charge on any atom is 0.122 e. The lowest BCUT2D eigenvalue weighted by Crippen LogP contribution is -2.36. The van der Waals surface area contributed by atoms with Gasteiger partial charge in [0.25, 0.3) is 0 Å². The summed E-state index contributed by atoms with van der Waals surface area (Å²) in [6, 6.07) is 7.18. The van der Waals surface area contributed by atoms with Crippen LogP contribution in [0.25, 0.3) is 0 Å². The molecule has 0 spiro atoms. The molecule has 2 aliphatic heterocycles. The zero-order valence-electron chi connectivity index (χ0n) is 13.2. The van der Waals surface area contributed by atoms with Crippen molar-refractivity contribution in [2.45, 2.75) is 45.1 Å².